The van der Waals surface area contributed by atoms with Crippen LogP contribution in [0.5, 0.6) is 0 Å². The zero-order valence-corrected chi connectivity index (χ0v) is 81.0. The first-order valence-electron chi connectivity index (χ1n) is 47.8. The van der Waals surface area contributed by atoms with Crippen molar-refractivity contribution in [3.05, 3.63) is 491 Å². The molecule has 141 heavy (non-hydrogen) atoms. The molecular weight excluding hydrogens is 1820 g/mol. The molecule has 9 heteroatoms. The maximum Gasteiger partial charge on any atom is 0.0727 e. The average Bonchev–Trinajstić information content (AvgIpc) is 1.57. The molecule has 0 spiro atoms. The number of nitrogens with zero attached hydrogens (tertiary/aromatic N) is 3. The van der Waals surface area contributed by atoms with Crippen molar-refractivity contribution in [1.29, 1.82) is 0 Å². The Labute approximate surface area is 837 Å². The second-order valence-corrected chi connectivity index (χ2v) is 42.7. The van der Waals surface area contributed by atoms with Crippen LogP contribution in [0.1, 0.15) is 0 Å². The minimum Gasteiger partial charge on any atom is -0.308 e. The fourth-order valence-corrected chi connectivity index (χ4v) is 29.0. The van der Waals surface area contributed by atoms with Crippen molar-refractivity contribution in [2.75, 3.05) is 0 Å². The van der Waals surface area contributed by atoms with Crippen LogP contribution in [0, 0.1) is 0 Å². The van der Waals surface area contributed by atoms with E-state index in [0.29, 0.717) is 0 Å². The second kappa shape index (κ2) is 34.3. The summed E-state index contributed by atoms with van der Waals surface area (Å²) in [4.78, 5) is 0. The highest BCUT2D eigenvalue weighted by atomic mass is 32.1. The Balaban J connectivity index is 0.000000104. The Morgan fingerprint density at radius 2 is 0.397 bits per heavy atom. The number of para-hydroxylation sites is 6. The van der Waals surface area contributed by atoms with Gasteiger partial charge in [-0.1, -0.05) is 382 Å². The van der Waals surface area contributed by atoms with E-state index in [4.69, 9.17) is 0 Å². The summed E-state index contributed by atoms with van der Waals surface area (Å²) in [5, 5.41) is 15.8. The third-order valence-electron chi connectivity index (χ3n) is 28.3. The van der Waals surface area contributed by atoms with Gasteiger partial charge in [0.1, 0.15) is 0 Å². The number of thiophene rings is 6. The first-order valence-corrected chi connectivity index (χ1v) is 52.7. The van der Waals surface area contributed by atoms with Gasteiger partial charge in [-0.25, -0.2) is 0 Å². The maximum absolute atomic E-state index is 2.43. The lowest BCUT2D eigenvalue weighted by molar-refractivity contribution is 1.19. The van der Waals surface area contributed by atoms with Gasteiger partial charge in [-0.2, -0.15) is 0 Å². The Bertz CT molecular complexity index is 10100. The molecule has 0 N–H and O–H groups in total. The van der Waals surface area contributed by atoms with Crippen molar-refractivity contribution in [3.63, 3.8) is 0 Å². The Morgan fingerprint density at radius 3 is 0.823 bits per heavy atom. The number of rotatable bonds is 12. The summed E-state index contributed by atoms with van der Waals surface area (Å²) in [6, 6.07) is 180. The predicted octanol–water partition coefficient (Wildman–Crippen LogP) is 40.1. The van der Waals surface area contributed by atoms with Crippen molar-refractivity contribution >= 4 is 222 Å². The van der Waals surface area contributed by atoms with Crippen molar-refractivity contribution in [3.8, 4) is 117 Å². The first kappa shape index (κ1) is 82.8. The molecule has 0 aliphatic rings. The topological polar surface area (TPSA) is 14.8 Å². The van der Waals surface area contributed by atoms with Crippen LogP contribution in [-0.2, 0) is 0 Å². The molecule has 0 unspecified atom stereocenters. The van der Waals surface area contributed by atoms with E-state index in [1.54, 1.807) is 0 Å². The number of hydrogen-bond donors (Lipinski definition) is 0. The van der Waals surface area contributed by atoms with Crippen LogP contribution in [0.15, 0.2) is 491 Å². The fraction of sp³-hybridized carbons (Fsp3) is 0. The summed E-state index contributed by atoms with van der Waals surface area (Å²) in [6.45, 7) is 0. The molecule has 21 aromatic carbocycles. The lowest BCUT2D eigenvalue weighted by atomic mass is 9.95. The highest BCUT2D eigenvalue weighted by Crippen LogP contribution is 2.52. The van der Waals surface area contributed by atoms with Crippen LogP contribution in [0.4, 0.5) is 0 Å². The predicted molar refractivity (Wildman–Crippen MR) is 616 cm³/mol. The Kier molecular flexibility index (Phi) is 20.1. The van der Waals surface area contributed by atoms with Gasteiger partial charge in [0.2, 0.25) is 0 Å². The standard InChI is InChI=1S/3C44H27NS2/c1-3-11-28(12-4-1)32-25-37(43-38(26-32)34-15-8-10-18-40(34)46-43)30-21-19-29(20-22-30)31-23-24-36-41(27-31)47-44-35-16-7-9-17-39(35)45(42(36)44)33-13-5-2-6-14-33;1-3-11-29(12-4-1)34-17-9-18-37-41-33(16-10-20-39(41)46-43(34)37)30-23-21-28(22-24-30)31-25-26-36-40(27-31)47-44-35-15-7-8-19-38(35)45(42(36)44)32-13-5-2-6-14-32;1-3-9-28(10-4-1)31-19-22-35-36-23-20-32(26-41(36)46-40(35)25-31)29-15-17-30(18-16-29)33-21-24-38-42(27-33)47-44-37-13-7-8-14-39(37)45(43(38)44)34-11-5-2-6-12-34/h3*1-27H. The molecule has 660 valence electrons. The van der Waals surface area contributed by atoms with Gasteiger partial charge in [0, 0.05) is 130 Å². The quantitative estimate of drug-likeness (QED) is 0.116. The van der Waals surface area contributed by atoms with Crippen LogP contribution in [0.3, 0.4) is 0 Å². The first-order chi connectivity index (χ1) is 69.9. The minimum atomic E-state index is 1.20. The van der Waals surface area contributed by atoms with E-state index in [0.717, 1.165) is 0 Å². The van der Waals surface area contributed by atoms with Crippen LogP contribution in [0.25, 0.3) is 271 Å². The molecular formula is C132H81N3S6. The highest BCUT2D eigenvalue weighted by molar-refractivity contribution is 7.28. The highest BCUT2D eigenvalue weighted by Gasteiger charge is 2.25. The van der Waals surface area contributed by atoms with Gasteiger partial charge >= 0.3 is 0 Å². The van der Waals surface area contributed by atoms with Crippen LogP contribution in [0.2, 0.25) is 0 Å². The molecule has 9 aromatic heterocycles. The van der Waals surface area contributed by atoms with Gasteiger partial charge in [-0.05, 0) is 204 Å². The summed E-state index contributed by atoms with van der Waals surface area (Å²) in [5.41, 5.74) is 33.8. The minimum absolute atomic E-state index is 1.20. The molecule has 0 amide bonds. The van der Waals surface area contributed by atoms with Gasteiger partial charge < -0.3 is 13.7 Å². The fourth-order valence-electron chi connectivity index (χ4n) is 21.6. The van der Waals surface area contributed by atoms with Crippen LogP contribution >= 0.6 is 68.0 Å². The molecule has 0 saturated carbocycles. The van der Waals surface area contributed by atoms with Gasteiger partial charge in [-0.3, -0.25) is 0 Å². The second-order valence-electron chi connectivity index (χ2n) is 36.4. The van der Waals surface area contributed by atoms with Gasteiger partial charge in [0.15, 0.2) is 0 Å². The van der Waals surface area contributed by atoms with E-state index >= 15 is 0 Å². The van der Waals surface area contributed by atoms with E-state index in [2.05, 4.69) is 505 Å². The average molecular weight is 1900 g/mol. The molecule has 0 atom stereocenters. The molecule has 3 nitrogen and oxygen atoms in total. The Morgan fingerprint density at radius 1 is 0.128 bits per heavy atom. The van der Waals surface area contributed by atoms with Crippen molar-refractivity contribution < 1.29 is 0 Å². The van der Waals surface area contributed by atoms with Gasteiger partial charge in [0.05, 0.1) is 47.2 Å². The van der Waals surface area contributed by atoms with Gasteiger partial charge in [0.25, 0.3) is 0 Å². The largest absolute Gasteiger partial charge is 0.308 e. The lowest BCUT2D eigenvalue weighted by Crippen LogP contribution is -1.92. The normalized spacial score (nSPS) is 11.8. The molecule has 0 aliphatic heterocycles. The Hall–Kier alpha value is -16.4. The SMILES string of the molecule is c1ccc(-c2cc(-c3ccc(-c4ccc5c(c4)sc4c6ccccc6n(-c6ccccc6)c54)cc3)c3sc4ccccc4c3c2)cc1.c1ccc(-c2ccc3c(c2)sc2cc(-c4ccc(-c5ccc6c(c5)sc5c7ccccc7n(-c7ccccc7)c65)cc4)ccc23)cc1.c1ccc(-c2cccc3c2sc2cccc(-c4ccc(-c5ccc6c(c5)sc5c7ccccc7n(-c7ccccc7)c65)cc4)c23)cc1. The number of aromatic nitrogens is 3. The molecule has 0 bridgehead atoms. The zero-order chi connectivity index (χ0) is 92.7. The molecule has 0 fully saturated rings. The summed E-state index contributed by atoms with van der Waals surface area (Å²) in [6.07, 6.45) is 0. The van der Waals surface area contributed by atoms with Crippen molar-refractivity contribution in [2.24, 2.45) is 0 Å². The smallest absolute Gasteiger partial charge is 0.0727 e. The maximum atomic E-state index is 2.43. The molecule has 0 saturated heterocycles. The van der Waals surface area contributed by atoms with E-state index in [9.17, 15) is 0 Å². The molecule has 30 rings (SSSR count). The third kappa shape index (κ3) is 14.2. The summed E-state index contributed by atoms with van der Waals surface area (Å²) in [7, 11) is 0. The summed E-state index contributed by atoms with van der Waals surface area (Å²) >= 11 is 11.4. The lowest BCUT2D eigenvalue weighted by Gasteiger charge is -2.10. The van der Waals surface area contributed by atoms with E-state index in [1.807, 2.05) is 68.0 Å². The summed E-state index contributed by atoms with van der Waals surface area (Å²) in [5.74, 6) is 0. The third-order valence-corrected chi connectivity index (χ3v) is 35.3. The molecule has 0 radical (unpaired) electrons. The zero-order valence-electron chi connectivity index (χ0n) is 76.1. The van der Waals surface area contributed by atoms with E-state index in [-0.39, 0.29) is 0 Å². The number of benzene rings is 21. The van der Waals surface area contributed by atoms with Crippen LogP contribution < -0.4 is 0 Å². The molecule has 0 aliphatic carbocycles. The van der Waals surface area contributed by atoms with Crippen molar-refractivity contribution in [1.82, 2.24) is 13.7 Å². The van der Waals surface area contributed by atoms with Gasteiger partial charge in [-0.15, -0.1) is 68.0 Å². The van der Waals surface area contributed by atoms with E-state index in [1.165, 1.54) is 271 Å². The monoisotopic (exact) mass is 1900 g/mol. The number of fused-ring (bicyclic) bond motifs is 24. The van der Waals surface area contributed by atoms with Crippen molar-refractivity contribution in [2.45, 2.75) is 0 Å². The van der Waals surface area contributed by atoms with E-state index < -0.39 is 0 Å². The molecule has 9 heterocycles. The molecule has 30 aromatic rings. The number of hydrogen-bond acceptors (Lipinski definition) is 6. The summed E-state index contributed by atoms with van der Waals surface area (Å²) < 4.78 is 23.3. The van der Waals surface area contributed by atoms with Crippen LogP contribution in [-0.4, -0.2) is 13.7 Å².